The van der Waals surface area contributed by atoms with Crippen molar-refractivity contribution in [1.82, 2.24) is 0 Å². The van der Waals surface area contributed by atoms with Crippen LogP contribution in [0, 0.1) is 30.1 Å². The van der Waals surface area contributed by atoms with Gasteiger partial charge in [-0.15, -0.1) is 17.8 Å². The number of rotatable bonds is 2. The molecule has 0 aliphatic carbocycles. The molecule has 0 aliphatic rings. The highest BCUT2D eigenvalue weighted by molar-refractivity contribution is 5.14. The lowest BCUT2D eigenvalue weighted by molar-refractivity contribution is 0.983. The van der Waals surface area contributed by atoms with Crippen LogP contribution in [0.3, 0.4) is 0 Å². The molecule has 0 bridgehead atoms. The molecule has 0 spiro atoms. The minimum Gasteiger partial charge on any atom is -0.107 e. The van der Waals surface area contributed by atoms with Crippen molar-refractivity contribution in [2.45, 2.75) is 33.1 Å². The molecule has 0 nitrogen and oxygen atoms in total. The van der Waals surface area contributed by atoms with Crippen LogP contribution >= 0.6 is 0 Å². The number of unbranched alkanes of at least 4 members (excludes halogenated alkanes) is 2. The van der Waals surface area contributed by atoms with Gasteiger partial charge < -0.3 is 0 Å². The van der Waals surface area contributed by atoms with E-state index in [1.54, 1.807) is 0 Å². The van der Waals surface area contributed by atoms with Crippen LogP contribution in [-0.4, -0.2) is 0 Å². The number of hydrogen-bond acceptors (Lipinski definition) is 0. The smallest absolute Gasteiger partial charge is 0.0459 e. The molecule has 0 amide bonds. The van der Waals surface area contributed by atoms with Crippen LogP contribution in [0.15, 0.2) is 0 Å². The molecule has 0 N–H and O–H groups in total. The van der Waals surface area contributed by atoms with Crippen molar-refractivity contribution < 1.29 is 0 Å². The molecular formula is C10H13. The first kappa shape index (κ1) is 9.12. The minimum atomic E-state index is 0.799. The Bertz CT molecular complexity index is 168. The molecule has 0 saturated heterocycles. The summed E-state index contributed by atoms with van der Waals surface area (Å²) in [6.07, 6.45) is 4.84. The fourth-order valence-electron chi connectivity index (χ4n) is 0.473. The van der Waals surface area contributed by atoms with Crippen molar-refractivity contribution in [3.63, 3.8) is 0 Å². The molecule has 0 heteroatoms. The molecule has 0 heterocycles. The summed E-state index contributed by atoms with van der Waals surface area (Å²) >= 11 is 0. The first-order valence-corrected chi connectivity index (χ1v) is 3.61. The van der Waals surface area contributed by atoms with Crippen LogP contribution in [0.5, 0.6) is 0 Å². The maximum atomic E-state index is 3.02. The van der Waals surface area contributed by atoms with Gasteiger partial charge in [0.05, 0.1) is 0 Å². The van der Waals surface area contributed by atoms with E-state index in [1.165, 1.54) is 0 Å². The Labute approximate surface area is 64.0 Å². The standard InChI is InChI=1S/C10H13/c1-3-5-7-9-10-8-6-4-2/h10H,3,5,8H2,1-2H3. The highest BCUT2D eigenvalue weighted by Gasteiger charge is 1.73. The molecule has 0 aromatic heterocycles. The molecule has 0 aromatic carbocycles. The summed E-state index contributed by atoms with van der Waals surface area (Å²) in [4.78, 5) is 0. The van der Waals surface area contributed by atoms with Crippen LogP contribution in [0.4, 0.5) is 0 Å². The summed E-state index contributed by atoms with van der Waals surface area (Å²) in [5, 5.41) is 0. The second kappa shape index (κ2) is 8.12. The molecular weight excluding hydrogens is 120 g/mol. The summed E-state index contributed by atoms with van der Waals surface area (Å²) in [5.74, 6) is 11.7. The van der Waals surface area contributed by atoms with E-state index in [4.69, 9.17) is 0 Å². The van der Waals surface area contributed by atoms with Gasteiger partial charge in [-0.3, -0.25) is 0 Å². The second-order valence-electron chi connectivity index (χ2n) is 1.91. The van der Waals surface area contributed by atoms with Crippen molar-refractivity contribution in [1.29, 1.82) is 0 Å². The van der Waals surface area contributed by atoms with Crippen LogP contribution < -0.4 is 0 Å². The van der Waals surface area contributed by atoms with E-state index < -0.39 is 0 Å². The first-order chi connectivity index (χ1) is 4.91. The lowest BCUT2D eigenvalue weighted by Crippen LogP contribution is -1.67. The quantitative estimate of drug-likeness (QED) is 0.401. The van der Waals surface area contributed by atoms with E-state index in [2.05, 4.69) is 30.6 Å². The van der Waals surface area contributed by atoms with Crippen LogP contribution in [0.25, 0.3) is 0 Å². The molecule has 1 radical (unpaired) electrons. The predicted octanol–water partition coefficient (Wildman–Crippen LogP) is 2.41. The summed E-state index contributed by atoms with van der Waals surface area (Å²) in [6.45, 7) is 3.97. The van der Waals surface area contributed by atoms with E-state index in [-0.39, 0.29) is 0 Å². The third-order valence-corrected chi connectivity index (χ3v) is 0.960. The Morgan fingerprint density at radius 1 is 1.30 bits per heavy atom. The van der Waals surface area contributed by atoms with Gasteiger partial charge in [0, 0.05) is 19.3 Å². The predicted molar refractivity (Wildman–Crippen MR) is 45.1 cm³/mol. The normalized spacial score (nSPS) is 7.00. The Kier molecular flexibility index (Phi) is 7.41. The molecule has 0 atom stereocenters. The van der Waals surface area contributed by atoms with Crippen molar-refractivity contribution in [2.75, 3.05) is 0 Å². The van der Waals surface area contributed by atoms with Gasteiger partial charge >= 0.3 is 0 Å². The average molecular weight is 133 g/mol. The largest absolute Gasteiger partial charge is 0.107 e. The maximum absolute atomic E-state index is 3.02. The minimum absolute atomic E-state index is 0.799. The van der Waals surface area contributed by atoms with Gasteiger partial charge in [0.25, 0.3) is 0 Å². The maximum Gasteiger partial charge on any atom is 0.0459 e. The van der Waals surface area contributed by atoms with Crippen LogP contribution in [-0.2, 0) is 0 Å². The summed E-state index contributed by atoms with van der Waals surface area (Å²) < 4.78 is 0. The first-order valence-electron chi connectivity index (χ1n) is 3.61. The fraction of sp³-hybridized carbons (Fsp3) is 0.500. The Hall–Kier alpha value is -0.880. The van der Waals surface area contributed by atoms with Crippen molar-refractivity contribution >= 4 is 0 Å². The molecule has 0 rings (SSSR count). The van der Waals surface area contributed by atoms with Crippen molar-refractivity contribution in [3.05, 3.63) is 6.42 Å². The average Bonchev–Trinajstić information content (AvgIpc) is 1.97. The van der Waals surface area contributed by atoms with Crippen molar-refractivity contribution in [3.8, 4) is 23.7 Å². The molecule has 53 valence electrons. The van der Waals surface area contributed by atoms with Gasteiger partial charge in [-0.1, -0.05) is 12.8 Å². The highest BCUT2D eigenvalue weighted by Crippen LogP contribution is 1.84. The van der Waals surface area contributed by atoms with Crippen LogP contribution in [0.1, 0.15) is 33.1 Å². The second-order valence-corrected chi connectivity index (χ2v) is 1.91. The van der Waals surface area contributed by atoms with Gasteiger partial charge in [-0.25, -0.2) is 0 Å². The third kappa shape index (κ3) is 7.12. The number of hydrogen-bond donors (Lipinski definition) is 0. The lowest BCUT2D eigenvalue weighted by atomic mass is 10.3. The fourth-order valence-corrected chi connectivity index (χ4v) is 0.473. The molecule has 10 heavy (non-hydrogen) atoms. The summed E-state index contributed by atoms with van der Waals surface area (Å²) in [5.41, 5.74) is 0. The molecule has 0 saturated carbocycles. The summed E-state index contributed by atoms with van der Waals surface area (Å²) in [6, 6.07) is 0. The van der Waals surface area contributed by atoms with E-state index in [1.807, 2.05) is 13.3 Å². The van der Waals surface area contributed by atoms with E-state index in [0.717, 1.165) is 19.3 Å². The molecule has 0 fully saturated rings. The lowest BCUT2D eigenvalue weighted by Gasteiger charge is -1.78. The van der Waals surface area contributed by atoms with Gasteiger partial charge in [0.2, 0.25) is 0 Å². The Balaban J connectivity index is 3.17. The van der Waals surface area contributed by atoms with Crippen LogP contribution in [0.2, 0.25) is 0 Å². The van der Waals surface area contributed by atoms with E-state index in [9.17, 15) is 0 Å². The third-order valence-electron chi connectivity index (χ3n) is 0.960. The Morgan fingerprint density at radius 3 is 2.70 bits per heavy atom. The monoisotopic (exact) mass is 133 g/mol. The Morgan fingerprint density at radius 2 is 2.10 bits per heavy atom. The highest BCUT2D eigenvalue weighted by atomic mass is 13.8. The van der Waals surface area contributed by atoms with Gasteiger partial charge in [0.15, 0.2) is 0 Å². The zero-order chi connectivity index (χ0) is 7.66. The molecule has 0 unspecified atom stereocenters. The van der Waals surface area contributed by atoms with Gasteiger partial charge in [-0.2, -0.15) is 0 Å². The van der Waals surface area contributed by atoms with Gasteiger partial charge in [0.1, 0.15) is 0 Å². The topological polar surface area (TPSA) is 0 Å². The van der Waals surface area contributed by atoms with Crippen molar-refractivity contribution in [2.24, 2.45) is 0 Å². The zero-order valence-electron chi connectivity index (χ0n) is 6.70. The summed E-state index contributed by atoms with van der Waals surface area (Å²) in [7, 11) is 0. The van der Waals surface area contributed by atoms with E-state index >= 15 is 0 Å². The van der Waals surface area contributed by atoms with Gasteiger partial charge in [-0.05, 0) is 13.3 Å². The SMILES string of the molecule is CC#CC[CH]C#CCCC. The molecule has 0 aromatic rings. The zero-order valence-corrected chi connectivity index (χ0v) is 6.70. The molecule has 0 aliphatic heterocycles. The van der Waals surface area contributed by atoms with E-state index in [0.29, 0.717) is 0 Å².